The Kier molecular flexibility index (Phi) is 13.4. The van der Waals surface area contributed by atoms with Crippen LogP contribution in [-0.4, -0.2) is 64.2 Å². The highest BCUT2D eigenvalue weighted by atomic mass is 32.2. The highest BCUT2D eigenvalue weighted by Gasteiger charge is 2.50. The first-order chi connectivity index (χ1) is 21.6. The minimum atomic E-state index is -0.973. The zero-order chi connectivity index (χ0) is 32.4. The maximum absolute atomic E-state index is 13.9. The van der Waals surface area contributed by atoms with Gasteiger partial charge in [-0.2, -0.15) is 0 Å². The van der Waals surface area contributed by atoms with Gasteiger partial charge in [-0.3, -0.25) is 9.11 Å². The summed E-state index contributed by atoms with van der Waals surface area (Å²) in [6.45, 7) is 13.7. The predicted molar refractivity (Wildman–Crippen MR) is 188 cm³/mol. The number of carbonyl (C=O) groups is 1. The van der Waals surface area contributed by atoms with Gasteiger partial charge in [-0.15, -0.1) is 6.58 Å². The molecule has 1 aromatic carbocycles. The van der Waals surface area contributed by atoms with Crippen LogP contribution in [0.3, 0.4) is 0 Å². The van der Waals surface area contributed by atoms with E-state index < -0.39 is 28.5 Å². The number of alkyl carbamates (subject to hydrolysis) is 1. The average molecular weight is 642 g/mol. The summed E-state index contributed by atoms with van der Waals surface area (Å²) in [5, 5.41) is 6.43. The third kappa shape index (κ3) is 9.84. The van der Waals surface area contributed by atoms with Crippen LogP contribution >= 0.6 is 0 Å². The summed E-state index contributed by atoms with van der Waals surface area (Å²) >= 11 is 0. The fourth-order valence-electron chi connectivity index (χ4n) is 7.33. The van der Waals surface area contributed by atoms with Gasteiger partial charge in [0.05, 0.1) is 18.5 Å². The Hall–Kier alpha value is -2.32. The van der Waals surface area contributed by atoms with Crippen LogP contribution in [0.4, 0.5) is 10.5 Å². The van der Waals surface area contributed by atoms with Crippen LogP contribution in [0.5, 0.6) is 5.75 Å². The molecule has 45 heavy (non-hydrogen) atoms. The Labute approximate surface area is 275 Å². The van der Waals surface area contributed by atoms with Crippen molar-refractivity contribution in [2.45, 2.75) is 128 Å². The lowest BCUT2D eigenvalue weighted by atomic mass is 9.72. The Morgan fingerprint density at radius 2 is 1.80 bits per heavy atom. The zero-order valence-electron chi connectivity index (χ0n) is 28.6. The average Bonchev–Trinajstić information content (AvgIpc) is 3.02. The lowest BCUT2D eigenvalue weighted by molar-refractivity contribution is -0.0426. The summed E-state index contributed by atoms with van der Waals surface area (Å²) < 4.78 is 25.9. The standard InChI is InChI=1S/C37H59N3O4S/c1-7-9-10-11-12-13-14-15-16-17-22-45(42)34-24-28-23-33(40(34)26-27(28)8-2)35(44-36(41)39-37(3,4)5)30-20-21-38-32-19-18-29(43-6)25-31(30)32/h8,18-20,25,27-28,33-35,38H,2,7,9-17,21-24,26H2,1,3-6H3,(H,39,41)/t27-,28?,33-,34?,35+,45?/m0/s1. The number of methoxy groups -OCH3 is 1. The second-order valence-electron chi connectivity index (χ2n) is 14.3. The summed E-state index contributed by atoms with van der Waals surface area (Å²) in [5.74, 6) is 2.21. The van der Waals surface area contributed by atoms with E-state index in [1.54, 1.807) is 7.11 Å². The summed E-state index contributed by atoms with van der Waals surface area (Å²) in [5.41, 5.74) is 2.54. The van der Waals surface area contributed by atoms with E-state index in [1.165, 1.54) is 51.4 Å². The third-order valence-corrected chi connectivity index (χ3v) is 11.5. The number of ether oxygens (including phenoxy) is 2. The van der Waals surface area contributed by atoms with Crippen molar-refractivity contribution in [3.8, 4) is 5.75 Å². The highest BCUT2D eigenvalue weighted by molar-refractivity contribution is 7.85. The number of hydrogen-bond acceptors (Lipinski definition) is 6. The number of unbranched alkanes of at least 4 members (excludes halogenated alkanes) is 9. The van der Waals surface area contributed by atoms with Gasteiger partial charge in [-0.05, 0) is 70.1 Å². The molecule has 4 unspecified atom stereocenters. The largest absolute Gasteiger partial charge is 0.497 e. The number of piperidine rings is 3. The molecule has 0 spiro atoms. The predicted octanol–water partition coefficient (Wildman–Crippen LogP) is 8.29. The molecular weight excluding hydrogens is 582 g/mol. The van der Waals surface area contributed by atoms with Crippen LogP contribution in [0, 0.1) is 11.8 Å². The van der Waals surface area contributed by atoms with Crippen LogP contribution in [-0.2, 0) is 15.5 Å². The second kappa shape index (κ2) is 17.0. The molecular formula is C37H59N3O4S. The minimum Gasteiger partial charge on any atom is -0.497 e. The molecule has 4 aliphatic rings. The van der Waals surface area contributed by atoms with Crippen molar-refractivity contribution in [2.24, 2.45) is 11.8 Å². The molecule has 252 valence electrons. The van der Waals surface area contributed by atoms with Gasteiger partial charge in [-0.25, -0.2) is 4.79 Å². The first-order valence-corrected chi connectivity index (χ1v) is 18.9. The van der Waals surface area contributed by atoms with Crippen molar-refractivity contribution in [1.29, 1.82) is 0 Å². The third-order valence-electron chi connectivity index (χ3n) is 9.70. The molecule has 2 bridgehead atoms. The van der Waals surface area contributed by atoms with E-state index in [9.17, 15) is 9.00 Å². The number of fused-ring (bicyclic) bond motifs is 4. The monoisotopic (exact) mass is 641 g/mol. The molecule has 8 heteroatoms. The second-order valence-corrected chi connectivity index (χ2v) is 16.0. The van der Waals surface area contributed by atoms with Crippen molar-refractivity contribution in [3.63, 3.8) is 0 Å². The van der Waals surface area contributed by atoms with E-state index in [4.69, 9.17) is 9.47 Å². The number of rotatable bonds is 17. The lowest BCUT2D eigenvalue weighted by Crippen LogP contribution is -2.63. The molecule has 0 radical (unpaired) electrons. The minimum absolute atomic E-state index is 0.0348. The Morgan fingerprint density at radius 3 is 2.42 bits per heavy atom. The van der Waals surface area contributed by atoms with Gasteiger partial charge in [0.15, 0.2) is 0 Å². The van der Waals surface area contributed by atoms with Crippen LogP contribution in [0.25, 0.3) is 5.57 Å². The summed E-state index contributed by atoms with van der Waals surface area (Å²) in [6.07, 6.45) is 17.8. The normalized spacial score (nSPS) is 25.4. The Balaban J connectivity index is 1.48. The quantitative estimate of drug-likeness (QED) is 0.132. The number of carbonyl (C=O) groups excluding carboxylic acids is 1. The van der Waals surface area contributed by atoms with Gasteiger partial charge in [0.2, 0.25) is 0 Å². The van der Waals surface area contributed by atoms with Gasteiger partial charge >= 0.3 is 6.09 Å². The molecule has 0 saturated carbocycles. The number of anilines is 1. The highest BCUT2D eigenvalue weighted by Crippen LogP contribution is 2.46. The summed E-state index contributed by atoms with van der Waals surface area (Å²) in [6, 6.07) is 5.93. The van der Waals surface area contributed by atoms with Crippen LogP contribution in [0.1, 0.15) is 110 Å². The molecule has 4 aliphatic heterocycles. The molecule has 0 aromatic heterocycles. The van der Waals surface area contributed by atoms with Crippen molar-refractivity contribution in [2.75, 3.05) is 31.3 Å². The number of nitrogens with one attached hydrogen (secondary N) is 2. The van der Waals surface area contributed by atoms with Gasteiger partial charge in [0.25, 0.3) is 0 Å². The maximum atomic E-state index is 13.9. The molecule has 1 aromatic rings. The zero-order valence-corrected chi connectivity index (χ0v) is 29.4. The van der Waals surface area contributed by atoms with Crippen molar-refractivity contribution in [3.05, 3.63) is 42.5 Å². The number of hydrogen-bond donors (Lipinski definition) is 2. The number of amides is 1. The molecule has 3 saturated heterocycles. The van der Waals surface area contributed by atoms with E-state index in [-0.39, 0.29) is 11.4 Å². The first-order valence-electron chi connectivity index (χ1n) is 17.5. The van der Waals surface area contributed by atoms with E-state index in [0.29, 0.717) is 18.4 Å². The molecule has 5 rings (SSSR count). The maximum Gasteiger partial charge on any atom is 0.408 e. The summed E-state index contributed by atoms with van der Waals surface area (Å²) in [4.78, 5) is 15.8. The molecule has 7 nitrogen and oxygen atoms in total. The fraction of sp³-hybridized carbons (Fsp3) is 0.703. The smallest absolute Gasteiger partial charge is 0.408 e. The lowest BCUT2D eigenvalue weighted by Gasteiger charge is -2.55. The van der Waals surface area contributed by atoms with Crippen LogP contribution < -0.4 is 15.4 Å². The van der Waals surface area contributed by atoms with E-state index in [0.717, 1.165) is 60.6 Å². The van der Waals surface area contributed by atoms with E-state index >= 15 is 0 Å². The molecule has 3 fully saturated rings. The molecule has 2 N–H and O–H groups in total. The van der Waals surface area contributed by atoms with Gasteiger partial charge in [0, 0.05) is 52.0 Å². The van der Waals surface area contributed by atoms with E-state index in [2.05, 4.69) is 41.2 Å². The Bertz CT molecular complexity index is 1180. The Morgan fingerprint density at radius 1 is 1.11 bits per heavy atom. The SMILES string of the molecule is C=C[C@H]1CN2C(S(=O)CCCCCCCCCCCC)CC1C[C@H]2[C@H](OC(=O)NC(C)(C)C)C1=CCNc2ccc(OC)cc21. The molecule has 7 atom stereocenters. The van der Waals surface area contributed by atoms with Gasteiger partial charge in [-0.1, -0.05) is 76.9 Å². The van der Waals surface area contributed by atoms with Gasteiger partial charge in [0.1, 0.15) is 11.9 Å². The van der Waals surface area contributed by atoms with Gasteiger partial charge < -0.3 is 20.1 Å². The first kappa shape index (κ1) is 35.5. The fourth-order valence-corrected chi connectivity index (χ4v) is 9.10. The van der Waals surface area contributed by atoms with Crippen molar-refractivity contribution in [1.82, 2.24) is 10.2 Å². The molecule has 0 aliphatic carbocycles. The number of nitrogens with zero attached hydrogens (tertiary/aromatic N) is 1. The van der Waals surface area contributed by atoms with Crippen LogP contribution in [0.2, 0.25) is 0 Å². The topological polar surface area (TPSA) is 79.9 Å². The van der Waals surface area contributed by atoms with Crippen LogP contribution in [0.15, 0.2) is 36.9 Å². The number of benzene rings is 1. The molecule has 1 amide bonds. The van der Waals surface area contributed by atoms with Crippen molar-refractivity contribution >= 4 is 28.2 Å². The summed E-state index contributed by atoms with van der Waals surface area (Å²) in [7, 11) is 0.696. The van der Waals surface area contributed by atoms with Crippen molar-refractivity contribution < 1.29 is 18.5 Å². The molecule has 4 heterocycles. The van der Waals surface area contributed by atoms with E-state index in [1.807, 2.05) is 39.0 Å².